The molecule has 98 valence electrons. The number of halogens is 1. The van der Waals surface area contributed by atoms with Crippen LogP contribution in [-0.2, 0) is 4.74 Å². The van der Waals surface area contributed by atoms with Gasteiger partial charge < -0.3 is 24.3 Å². The van der Waals surface area contributed by atoms with Gasteiger partial charge in [-0.05, 0) is 0 Å². The van der Waals surface area contributed by atoms with Crippen molar-refractivity contribution in [2.45, 2.75) is 6.10 Å². The monoisotopic (exact) mass is 255 g/mol. The highest BCUT2D eigenvalue weighted by Gasteiger charge is 2.31. The molecule has 2 heterocycles. The number of nitrogens with one attached hydrogen (secondary N) is 1. The zero-order chi connectivity index (χ0) is 12.5. The molecule has 0 spiro atoms. The topological polar surface area (TPSA) is 49.0 Å². The van der Waals surface area contributed by atoms with Crippen LogP contribution in [0.2, 0.25) is 0 Å². The van der Waals surface area contributed by atoms with Crippen LogP contribution in [-0.4, -0.2) is 33.6 Å². The van der Waals surface area contributed by atoms with Crippen LogP contribution in [0.1, 0.15) is 11.7 Å². The molecule has 5 nitrogen and oxygen atoms in total. The second kappa shape index (κ2) is 4.62. The number of morpholine rings is 1. The van der Waals surface area contributed by atoms with Crippen molar-refractivity contribution >= 4 is 0 Å². The Labute approximate surface area is 104 Å². The normalized spacial score (nSPS) is 22.0. The smallest absolute Gasteiger partial charge is 0.231 e. The maximum atomic E-state index is 13.9. The molecule has 0 amide bonds. The Kier molecular flexibility index (Phi) is 2.97. The summed E-state index contributed by atoms with van der Waals surface area (Å²) in [5.41, 5.74) is 0.581. The standard InChI is InChI=1S/C12H14FNO4/c1-15-11-7(13)4-8-12(18-6-17-8)10(11)9-5-14-2-3-16-9/h4,9,14H,2-3,5-6H2,1H3. The van der Waals surface area contributed by atoms with E-state index >= 15 is 0 Å². The summed E-state index contributed by atoms with van der Waals surface area (Å²) in [4.78, 5) is 0. The average Bonchev–Trinajstić information content (AvgIpc) is 2.85. The molecule has 1 fully saturated rings. The first-order chi connectivity index (χ1) is 8.81. The van der Waals surface area contributed by atoms with E-state index in [1.54, 1.807) is 0 Å². The van der Waals surface area contributed by atoms with Crippen molar-refractivity contribution in [1.82, 2.24) is 5.32 Å². The molecule has 0 saturated carbocycles. The number of hydrogen-bond donors (Lipinski definition) is 1. The van der Waals surface area contributed by atoms with Crippen LogP contribution in [0.3, 0.4) is 0 Å². The molecule has 6 heteroatoms. The number of fused-ring (bicyclic) bond motifs is 1. The number of methoxy groups -OCH3 is 1. The van der Waals surface area contributed by atoms with Crippen LogP contribution in [0.5, 0.6) is 17.2 Å². The summed E-state index contributed by atoms with van der Waals surface area (Å²) in [5.74, 6) is 0.610. The summed E-state index contributed by atoms with van der Waals surface area (Å²) in [6.07, 6.45) is -0.292. The highest BCUT2D eigenvalue weighted by molar-refractivity contribution is 5.57. The van der Waals surface area contributed by atoms with Crippen LogP contribution in [0.15, 0.2) is 6.07 Å². The van der Waals surface area contributed by atoms with Crippen LogP contribution < -0.4 is 19.5 Å². The Balaban J connectivity index is 2.09. The Morgan fingerprint density at radius 3 is 3.06 bits per heavy atom. The minimum absolute atomic E-state index is 0.0924. The fraction of sp³-hybridized carbons (Fsp3) is 0.500. The van der Waals surface area contributed by atoms with E-state index in [1.807, 2.05) is 0 Å². The van der Waals surface area contributed by atoms with Gasteiger partial charge in [-0.25, -0.2) is 4.39 Å². The quantitative estimate of drug-likeness (QED) is 0.861. The van der Waals surface area contributed by atoms with E-state index in [0.29, 0.717) is 30.2 Å². The third-order valence-electron chi connectivity index (χ3n) is 3.06. The predicted molar refractivity (Wildman–Crippen MR) is 60.6 cm³/mol. The number of rotatable bonds is 2. The summed E-state index contributed by atoms with van der Waals surface area (Å²) in [5, 5.41) is 3.20. The lowest BCUT2D eigenvalue weighted by Crippen LogP contribution is -2.33. The van der Waals surface area contributed by atoms with E-state index in [4.69, 9.17) is 18.9 Å². The Morgan fingerprint density at radius 2 is 2.33 bits per heavy atom. The van der Waals surface area contributed by atoms with Gasteiger partial charge >= 0.3 is 0 Å². The van der Waals surface area contributed by atoms with E-state index in [9.17, 15) is 4.39 Å². The van der Waals surface area contributed by atoms with E-state index in [1.165, 1.54) is 13.2 Å². The fourth-order valence-corrected chi connectivity index (χ4v) is 2.27. The van der Waals surface area contributed by atoms with Crippen molar-refractivity contribution < 1.29 is 23.3 Å². The average molecular weight is 255 g/mol. The molecule has 1 saturated heterocycles. The molecular formula is C12H14FNO4. The van der Waals surface area contributed by atoms with Crippen molar-refractivity contribution in [3.05, 3.63) is 17.4 Å². The minimum Gasteiger partial charge on any atom is -0.493 e. The molecule has 0 aromatic heterocycles. The summed E-state index contributed by atoms with van der Waals surface area (Å²) in [6.45, 7) is 2.04. The first kappa shape index (κ1) is 11.6. The lowest BCUT2D eigenvalue weighted by molar-refractivity contribution is 0.0242. The highest BCUT2D eigenvalue weighted by Crippen LogP contribution is 2.46. The molecule has 0 aliphatic carbocycles. The molecule has 0 radical (unpaired) electrons. The zero-order valence-electron chi connectivity index (χ0n) is 9.99. The van der Waals surface area contributed by atoms with Crippen molar-refractivity contribution in [3.63, 3.8) is 0 Å². The van der Waals surface area contributed by atoms with Crippen molar-refractivity contribution in [3.8, 4) is 17.2 Å². The van der Waals surface area contributed by atoms with Crippen LogP contribution in [0, 0.1) is 5.82 Å². The summed E-state index contributed by atoms with van der Waals surface area (Å²) >= 11 is 0. The van der Waals surface area contributed by atoms with Crippen LogP contribution in [0.4, 0.5) is 4.39 Å². The maximum Gasteiger partial charge on any atom is 0.231 e. The molecule has 2 aliphatic rings. The third-order valence-corrected chi connectivity index (χ3v) is 3.06. The van der Waals surface area contributed by atoms with Gasteiger partial charge in [-0.1, -0.05) is 0 Å². The zero-order valence-corrected chi connectivity index (χ0v) is 9.99. The molecule has 1 aromatic rings. The number of benzene rings is 1. The van der Waals surface area contributed by atoms with E-state index < -0.39 is 5.82 Å². The first-order valence-corrected chi connectivity index (χ1v) is 5.79. The van der Waals surface area contributed by atoms with Gasteiger partial charge in [0.05, 0.1) is 19.3 Å². The van der Waals surface area contributed by atoms with Crippen molar-refractivity contribution in [2.24, 2.45) is 0 Å². The fourth-order valence-electron chi connectivity index (χ4n) is 2.27. The molecule has 1 N–H and O–H groups in total. The Bertz CT molecular complexity index is 456. The molecule has 1 aromatic carbocycles. The maximum absolute atomic E-state index is 13.9. The Hall–Kier alpha value is -1.53. The summed E-state index contributed by atoms with van der Waals surface area (Å²) in [6, 6.07) is 1.28. The predicted octanol–water partition coefficient (Wildman–Crippen LogP) is 1.22. The minimum atomic E-state index is -0.467. The van der Waals surface area contributed by atoms with Gasteiger partial charge in [0.15, 0.2) is 23.1 Å². The van der Waals surface area contributed by atoms with Crippen molar-refractivity contribution in [2.75, 3.05) is 33.6 Å². The third kappa shape index (κ3) is 1.77. The largest absolute Gasteiger partial charge is 0.493 e. The number of hydrogen-bond acceptors (Lipinski definition) is 5. The van der Waals surface area contributed by atoms with E-state index in [2.05, 4.69) is 5.32 Å². The van der Waals surface area contributed by atoms with Crippen LogP contribution in [0.25, 0.3) is 0 Å². The van der Waals surface area contributed by atoms with Gasteiger partial charge in [-0.3, -0.25) is 0 Å². The molecule has 3 rings (SSSR count). The molecule has 0 bridgehead atoms. The lowest BCUT2D eigenvalue weighted by atomic mass is 10.0. The van der Waals surface area contributed by atoms with E-state index in [0.717, 1.165) is 6.54 Å². The first-order valence-electron chi connectivity index (χ1n) is 5.79. The molecule has 18 heavy (non-hydrogen) atoms. The summed E-state index contributed by atoms with van der Waals surface area (Å²) in [7, 11) is 1.43. The second-order valence-electron chi connectivity index (χ2n) is 4.10. The van der Waals surface area contributed by atoms with Gasteiger partial charge in [0.1, 0.15) is 6.10 Å². The Morgan fingerprint density at radius 1 is 1.44 bits per heavy atom. The van der Waals surface area contributed by atoms with Gasteiger partial charge in [-0.2, -0.15) is 0 Å². The van der Waals surface area contributed by atoms with E-state index in [-0.39, 0.29) is 18.6 Å². The van der Waals surface area contributed by atoms with Crippen molar-refractivity contribution in [1.29, 1.82) is 0 Å². The molecular weight excluding hydrogens is 241 g/mol. The van der Waals surface area contributed by atoms with Gasteiger partial charge in [0.2, 0.25) is 6.79 Å². The molecule has 2 aliphatic heterocycles. The van der Waals surface area contributed by atoms with Crippen LogP contribution >= 0.6 is 0 Å². The number of ether oxygens (including phenoxy) is 4. The SMILES string of the molecule is COc1c(F)cc2c(c1C1CNCCO1)OCO2. The second-order valence-corrected chi connectivity index (χ2v) is 4.10. The summed E-state index contributed by atoms with van der Waals surface area (Å²) < 4.78 is 35.3. The lowest BCUT2D eigenvalue weighted by Gasteiger charge is -2.26. The molecule has 1 atom stereocenters. The van der Waals surface area contributed by atoms with Gasteiger partial charge in [-0.15, -0.1) is 0 Å². The molecule has 1 unspecified atom stereocenters. The highest BCUT2D eigenvalue weighted by atomic mass is 19.1. The van der Waals surface area contributed by atoms with Gasteiger partial charge in [0, 0.05) is 19.2 Å². The van der Waals surface area contributed by atoms with Gasteiger partial charge in [0.25, 0.3) is 0 Å².